The lowest BCUT2D eigenvalue weighted by molar-refractivity contribution is 0.0526. The van der Waals surface area contributed by atoms with Crippen LogP contribution >= 0.6 is 12.2 Å². The number of carbonyl (C=O) groups excluding carboxylic acids is 1. The molecule has 0 saturated heterocycles. The van der Waals surface area contributed by atoms with Crippen LogP contribution in [0.2, 0.25) is 0 Å². The minimum absolute atomic E-state index is 0.00875. The first-order chi connectivity index (χ1) is 6.70. The van der Waals surface area contributed by atoms with E-state index in [1.54, 1.807) is 12.4 Å². The van der Waals surface area contributed by atoms with Gasteiger partial charge in [0.1, 0.15) is 16.2 Å². The van der Waals surface area contributed by atoms with Gasteiger partial charge in [0.05, 0.1) is 12.8 Å². The van der Waals surface area contributed by atoms with Crippen molar-refractivity contribution in [2.24, 2.45) is 0 Å². The summed E-state index contributed by atoms with van der Waals surface area (Å²) in [5, 5.41) is 14.7. The summed E-state index contributed by atoms with van der Waals surface area (Å²) >= 11 is 4.73. The zero-order chi connectivity index (χ0) is 10.6. The Morgan fingerprint density at radius 1 is 1.86 bits per heavy atom. The van der Waals surface area contributed by atoms with Crippen molar-refractivity contribution in [3.8, 4) is 0 Å². The van der Waals surface area contributed by atoms with Gasteiger partial charge in [-0.2, -0.15) is 5.10 Å². The van der Waals surface area contributed by atoms with Crippen LogP contribution in [-0.2, 0) is 4.74 Å². The van der Waals surface area contributed by atoms with Crippen molar-refractivity contribution < 1.29 is 14.7 Å². The Morgan fingerprint density at radius 2 is 2.57 bits per heavy atom. The van der Waals surface area contributed by atoms with E-state index in [4.69, 9.17) is 22.2 Å². The highest BCUT2D eigenvalue weighted by atomic mass is 32.1. The Balaban J connectivity index is 2.92. The molecule has 0 fully saturated rings. The van der Waals surface area contributed by atoms with Gasteiger partial charge in [-0.1, -0.05) is 12.2 Å². The second kappa shape index (κ2) is 4.68. The number of carbonyl (C=O) groups is 1. The van der Waals surface area contributed by atoms with E-state index in [1.807, 2.05) is 0 Å². The van der Waals surface area contributed by atoms with Crippen LogP contribution in [0.1, 0.15) is 23.0 Å². The number of esters is 1. The summed E-state index contributed by atoms with van der Waals surface area (Å²) in [6.45, 7) is 1.96. The van der Waals surface area contributed by atoms with Gasteiger partial charge in [-0.25, -0.2) is 4.79 Å². The monoisotopic (exact) mass is 215 g/mol. The van der Waals surface area contributed by atoms with Crippen LogP contribution in [0, 0.1) is 0 Å². The van der Waals surface area contributed by atoms with Crippen LogP contribution in [0.5, 0.6) is 0 Å². The van der Waals surface area contributed by atoms with Crippen LogP contribution in [0.25, 0.3) is 0 Å². The maximum Gasteiger partial charge on any atom is 0.342 e. The Kier molecular flexibility index (Phi) is 3.55. The predicted octanol–water partition coefficient (Wildman–Crippen LogP) is 0.241. The third-order valence-corrected chi connectivity index (χ3v) is 1.76. The predicted molar refractivity (Wildman–Crippen MR) is 51.2 cm³/mol. The van der Waals surface area contributed by atoms with Crippen LogP contribution < -0.4 is 5.48 Å². The molecular formula is C7H9N3O3S. The molecule has 3 N–H and O–H groups in total. The third kappa shape index (κ3) is 2.06. The van der Waals surface area contributed by atoms with Gasteiger partial charge < -0.3 is 4.74 Å². The number of hydrogen-bond acceptors (Lipinski definition) is 5. The standard InChI is InChI=1S/C7H9N3O3S/c1-2-13-7(11)4-3-8-9-5(4)6(14)10-12/h3,12H,2H2,1H3,(H,8,9)(H,10,14). The first-order valence-corrected chi connectivity index (χ1v) is 4.26. The normalized spacial score (nSPS) is 9.57. The molecule has 0 saturated carbocycles. The van der Waals surface area contributed by atoms with Gasteiger partial charge >= 0.3 is 5.97 Å². The van der Waals surface area contributed by atoms with Crippen LogP contribution in [-0.4, -0.2) is 33.0 Å². The number of H-pyrrole nitrogens is 1. The summed E-state index contributed by atoms with van der Waals surface area (Å²) in [6.07, 6.45) is 1.29. The molecular weight excluding hydrogens is 206 g/mol. The average Bonchev–Trinajstić information content (AvgIpc) is 2.65. The number of aromatic amines is 1. The van der Waals surface area contributed by atoms with E-state index in [0.29, 0.717) is 0 Å². The Bertz CT molecular complexity index is 350. The molecule has 0 aromatic carbocycles. The van der Waals surface area contributed by atoms with Crippen LogP contribution in [0.3, 0.4) is 0 Å². The lowest BCUT2D eigenvalue weighted by Gasteiger charge is -2.02. The number of aromatic nitrogens is 2. The molecule has 0 spiro atoms. The summed E-state index contributed by atoms with van der Waals surface area (Å²) in [7, 11) is 0. The first kappa shape index (κ1) is 10.6. The molecule has 0 aliphatic heterocycles. The summed E-state index contributed by atoms with van der Waals surface area (Å²) in [5.41, 5.74) is 2.19. The van der Waals surface area contributed by atoms with Gasteiger partial charge in [0, 0.05) is 0 Å². The summed E-state index contributed by atoms with van der Waals surface area (Å²) in [6, 6.07) is 0. The summed E-state index contributed by atoms with van der Waals surface area (Å²) in [5.74, 6) is -0.533. The van der Waals surface area contributed by atoms with Gasteiger partial charge in [-0.15, -0.1) is 0 Å². The fourth-order valence-corrected chi connectivity index (χ4v) is 1.03. The van der Waals surface area contributed by atoms with E-state index in [0.717, 1.165) is 0 Å². The molecule has 0 aliphatic rings. The Labute approximate surface area is 85.2 Å². The van der Waals surface area contributed by atoms with Gasteiger partial charge in [0.25, 0.3) is 0 Å². The molecule has 0 unspecified atom stereocenters. The molecule has 0 atom stereocenters. The number of nitrogens with zero attached hydrogens (tertiary/aromatic N) is 1. The van der Waals surface area contributed by atoms with Crippen molar-refractivity contribution in [3.63, 3.8) is 0 Å². The van der Waals surface area contributed by atoms with E-state index in [2.05, 4.69) is 10.2 Å². The highest BCUT2D eigenvalue weighted by Crippen LogP contribution is 2.06. The van der Waals surface area contributed by atoms with Gasteiger partial charge in [0.2, 0.25) is 0 Å². The van der Waals surface area contributed by atoms with E-state index >= 15 is 0 Å². The minimum atomic E-state index is -0.533. The van der Waals surface area contributed by atoms with Crippen LogP contribution in [0.4, 0.5) is 0 Å². The molecule has 1 aromatic rings. The van der Waals surface area contributed by atoms with Crippen molar-refractivity contribution >= 4 is 23.2 Å². The number of thiocarbonyl (C=S) groups is 1. The SMILES string of the molecule is CCOC(=O)c1cn[nH]c1C(=S)NO. The molecule has 14 heavy (non-hydrogen) atoms. The van der Waals surface area contributed by atoms with E-state index < -0.39 is 5.97 Å². The molecule has 0 aliphatic carbocycles. The summed E-state index contributed by atoms with van der Waals surface area (Å²) < 4.78 is 4.75. The third-order valence-electron chi connectivity index (χ3n) is 1.46. The maximum absolute atomic E-state index is 11.3. The molecule has 76 valence electrons. The van der Waals surface area contributed by atoms with Crippen molar-refractivity contribution in [1.29, 1.82) is 0 Å². The molecule has 0 bridgehead atoms. The fraction of sp³-hybridized carbons (Fsp3) is 0.286. The van der Waals surface area contributed by atoms with E-state index in [9.17, 15) is 4.79 Å². The van der Waals surface area contributed by atoms with Crippen molar-refractivity contribution in [3.05, 3.63) is 17.5 Å². The topological polar surface area (TPSA) is 87.2 Å². The molecule has 0 radical (unpaired) electrons. The molecule has 7 heteroatoms. The van der Waals surface area contributed by atoms with Gasteiger partial charge in [-0.05, 0) is 6.92 Å². The molecule has 6 nitrogen and oxygen atoms in total. The first-order valence-electron chi connectivity index (χ1n) is 3.85. The average molecular weight is 215 g/mol. The molecule has 0 amide bonds. The second-order valence-corrected chi connectivity index (χ2v) is 2.73. The van der Waals surface area contributed by atoms with Crippen LogP contribution in [0.15, 0.2) is 6.20 Å². The molecule has 1 heterocycles. The van der Waals surface area contributed by atoms with Crippen molar-refractivity contribution in [2.45, 2.75) is 6.92 Å². The molecule has 1 rings (SSSR count). The largest absolute Gasteiger partial charge is 0.462 e. The Morgan fingerprint density at radius 3 is 3.14 bits per heavy atom. The van der Waals surface area contributed by atoms with Gasteiger partial charge in [-0.3, -0.25) is 15.8 Å². The van der Waals surface area contributed by atoms with Crippen molar-refractivity contribution in [2.75, 3.05) is 6.61 Å². The molecule has 1 aromatic heterocycles. The van der Waals surface area contributed by atoms with Gasteiger partial charge in [0.15, 0.2) is 0 Å². The number of hydroxylamine groups is 1. The number of rotatable bonds is 3. The highest BCUT2D eigenvalue weighted by molar-refractivity contribution is 7.80. The number of hydrogen-bond donors (Lipinski definition) is 3. The lowest BCUT2D eigenvalue weighted by Crippen LogP contribution is -2.21. The summed E-state index contributed by atoms with van der Waals surface area (Å²) in [4.78, 5) is 11.3. The zero-order valence-electron chi connectivity index (χ0n) is 7.40. The second-order valence-electron chi connectivity index (χ2n) is 2.32. The maximum atomic E-state index is 11.3. The van der Waals surface area contributed by atoms with Crippen molar-refractivity contribution in [1.82, 2.24) is 15.7 Å². The quantitative estimate of drug-likeness (QED) is 0.380. The number of nitrogens with one attached hydrogen (secondary N) is 2. The van der Waals surface area contributed by atoms with E-state index in [1.165, 1.54) is 6.20 Å². The lowest BCUT2D eigenvalue weighted by atomic mass is 10.2. The minimum Gasteiger partial charge on any atom is -0.462 e. The van der Waals surface area contributed by atoms with E-state index in [-0.39, 0.29) is 22.9 Å². The Hall–Kier alpha value is -1.47. The zero-order valence-corrected chi connectivity index (χ0v) is 8.22. The number of ether oxygens (including phenoxy) is 1. The fourth-order valence-electron chi connectivity index (χ4n) is 0.879. The highest BCUT2D eigenvalue weighted by Gasteiger charge is 2.17. The smallest absolute Gasteiger partial charge is 0.342 e.